The zero-order valence-corrected chi connectivity index (χ0v) is 26.7. The first-order valence-corrected chi connectivity index (χ1v) is 16.1. The molecule has 10 nitrogen and oxygen atoms in total. The van der Waals surface area contributed by atoms with Gasteiger partial charge in [0.05, 0.1) is 36.3 Å². The van der Waals surface area contributed by atoms with E-state index in [-0.39, 0.29) is 18.3 Å². The number of hydrogen-bond acceptors (Lipinski definition) is 8. The lowest BCUT2D eigenvalue weighted by Crippen LogP contribution is -2.44. The highest BCUT2D eigenvalue weighted by Crippen LogP contribution is 2.33. The number of rotatable bonds is 9. The second-order valence-electron chi connectivity index (χ2n) is 11.2. The molecule has 2 heterocycles. The Balaban J connectivity index is 0.000000572. The van der Waals surface area contributed by atoms with Gasteiger partial charge < -0.3 is 20.3 Å². The molecule has 0 saturated carbocycles. The molecule has 44 heavy (non-hydrogen) atoms. The Labute approximate surface area is 258 Å². The number of aromatic nitrogens is 2. The summed E-state index contributed by atoms with van der Waals surface area (Å²) in [4.78, 5) is 20.3. The number of carboxylic acid groups (broad SMARTS) is 1. The molecule has 1 fully saturated rings. The van der Waals surface area contributed by atoms with Gasteiger partial charge in [-0.3, -0.25) is 4.79 Å². The van der Waals surface area contributed by atoms with E-state index in [0.717, 1.165) is 10.6 Å². The Morgan fingerprint density at radius 2 is 1.77 bits per heavy atom. The van der Waals surface area contributed by atoms with Crippen molar-refractivity contribution in [2.24, 2.45) is 5.73 Å². The smallest absolute Gasteiger partial charge is 0.305 e. The molecule has 1 aromatic heterocycles. The van der Waals surface area contributed by atoms with Gasteiger partial charge in [0.15, 0.2) is 5.79 Å². The number of nitrogens with zero attached hydrogens (tertiary/aromatic N) is 3. The van der Waals surface area contributed by atoms with Crippen LogP contribution in [-0.2, 0) is 30.8 Å². The van der Waals surface area contributed by atoms with Gasteiger partial charge in [0.25, 0.3) is 0 Å². The molecule has 3 aromatic rings. The molecular weight excluding hydrogens is 587 g/mol. The van der Waals surface area contributed by atoms with Crippen molar-refractivity contribution in [2.75, 3.05) is 17.6 Å². The molecule has 1 aliphatic heterocycles. The van der Waals surface area contributed by atoms with Crippen LogP contribution in [-0.4, -0.2) is 60.8 Å². The maximum atomic E-state index is 13.7. The molecule has 4 rings (SSSR count). The third kappa shape index (κ3) is 9.91. The number of benzene rings is 2. The lowest BCUT2D eigenvalue weighted by Gasteiger charge is -2.39. The molecular formula is C32H41FN4O6S. The van der Waals surface area contributed by atoms with Crippen molar-refractivity contribution in [1.29, 1.82) is 0 Å². The molecule has 2 atom stereocenters. The van der Waals surface area contributed by atoms with E-state index < -0.39 is 39.8 Å². The van der Waals surface area contributed by atoms with Gasteiger partial charge >= 0.3 is 5.97 Å². The van der Waals surface area contributed by atoms with Crippen LogP contribution in [0.5, 0.6) is 0 Å². The predicted molar refractivity (Wildman–Crippen MR) is 169 cm³/mol. The molecule has 12 heteroatoms. The standard InChI is InChI=1S/C25H32FN3O6S.C7H9N/c1-15(2)22-20(12-11-18-13-19(14-21(30)31)35-25(3,4)34-18)23(16-7-9-17(26)10-8-16)28-24(27-22)29(5)36(6,32)33;8-6-7-4-2-1-3-5-7/h7-12,15,18-19H,13-14H2,1-6H3,(H,30,31);1-5H,6,8H2/b12-11+;/t18-,19-;/m1./s1. The highest BCUT2D eigenvalue weighted by atomic mass is 32.2. The van der Waals surface area contributed by atoms with Crippen molar-refractivity contribution in [3.8, 4) is 11.3 Å². The fourth-order valence-corrected chi connectivity index (χ4v) is 4.98. The molecule has 3 N–H and O–H groups in total. The van der Waals surface area contributed by atoms with Gasteiger partial charge in [0.2, 0.25) is 16.0 Å². The van der Waals surface area contributed by atoms with E-state index in [9.17, 15) is 22.7 Å². The normalized spacial score (nSPS) is 18.1. The first-order chi connectivity index (χ1) is 20.6. The highest BCUT2D eigenvalue weighted by Gasteiger charge is 2.35. The average Bonchev–Trinajstić information content (AvgIpc) is 2.94. The van der Waals surface area contributed by atoms with Gasteiger partial charge in [-0.2, -0.15) is 0 Å². The Morgan fingerprint density at radius 1 is 1.14 bits per heavy atom. The van der Waals surface area contributed by atoms with E-state index in [0.29, 0.717) is 35.5 Å². The average molecular weight is 629 g/mol. The largest absolute Gasteiger partial charge is 0.481 e. The minimum Gasteiger partial charge on any atom is -0.481 e. The number of carboxylic acids is 1. The molecule has 238 valence electrons. The Bertz CT molecular complexity index is 1550. The summed E-state index contributed by atoms with van der Waals surface area (Å²) in [5.74, 6) is -2.45. The number of ether oxygens (including phenoxy) is 2. The van der Waals surface area contributed by atoms with Gasteiger partial charge in [-0.15, -0.1) is 0 Å². The minimum absolute atomic E-state index is 0.00245. The fourth-order valence-electron chi connectivity index (χ4n) is 4.60. The van der Waals surface area contributed by atoms with Crippen molar-refractivity contribution in [3.63, 3.8) is 0 Å². The molecule has 2 aromatic carbocycles. The summed E-state index contributed by atoms with van der Waals surface area (Å²) in [6.07, 6.45) is 3.88. The SMILES string of the molecule is CC(C)c1nc(N(C)S(C)(=O)=O)nc(-c2ccc(F)cc2)c1/C=C/[C@@H]1C[C@H](CC(=O)O)OC(C)(C)O1.NCc1ccccc1. The topological polar surface area (TPSA) is 145 Å². The van der Waals surface area contributed by atoms with Crippen molar-refractivity contribution in [3.05, 3.63) is 83.3 Å². The molecule has 0 amide bonds. The van der Waals surface area contributed by atoms with Crippen LogP contribution in [0.4, 0.5) is 10.3 Å². The van der Waals surface area contributed by atoms with E-state index in [1.807, 2.05) is 44.2 Å². The summed E-state index contributed by atoms with van der Waals surface area (Å²) in [7, 11) is -2.25. The fraction of sp³-hybridized carbons (Fsp3) is 0.406. The van der Waals surface area contributed by atoms with Crippen molar-refractivity contribution < 1.29 is 32.2 Å². The van der Waals surface area contributed by atoms with Crippen LogP contribution in [0.2, 0.25) is 0 Å². The van der Waals surface area contributed by atoms with Crippen molar-refractivity contribution in [1.82, 2.24) is 9.97 Å². The molecule has 1 aliphatic rings. The van der Waals surface area contributed by atoms with Crippen LogP contribution >= 0.6 is 0 Å². The van der Waals surface area contributed by atoms with E-state index in [1.54, 1.807) is 38.1 Å². The highest BCUT2D eigenvalue weighted by molar-refractivity contribution is 7.92. The number of anilines is 1. The number of halogens is 1. The van der Waals surface area contributed by atoms with E-state index >= 15 is 0 Å². The number of nitrogens with two attached hydrogens (primary N) is 1. The Morgan fingerprint density at radius 3 is 2.30 bits per heavy atom. The first-order valence-electron chi connectivity index (χ1n) is 14.2. The summed E-state index contributed by atoms with van der Waals surface area (Å²) in [6, 6.07) is 15.7. The lowest BCUT2D eigenvalue weighted by molar-refractivity contribution is -0.290. The van der Waals surface area contributed by atoms with Gasteiger partial charge in [0, 0.05) is 31.1 Å². The van der Waals surface area contributed by atoms with Crippen LogP contribution in [0.1, 0.15) is 63.3 Å². The summed E-state index contributed by atoms with van der Waals surface area (Å²) < 4.78 is 50.8. The number of sulfonamides is 1. The quantitative estimate of drug-likeness (QED) is 0.321. The summed E-state index contributed by atoms with van der Waals surface area (Å²) >= 11 is 0. The monoisotopic (exact) mass is 628 g/mol. The first kappa shape index (κ1) is 34.8. The second-order valence-corrected chi connectivity index (χ2v) is 13.3. The third-order valence-electron chi connectivity index (χ3n) is 6.75. The second kappa shape index (κ2) is 14.8. The number of hydrogen-bond donors (Lipinski definition) is 2. The number of carbonyl (C=O) groups is 1. The van der Waals surface area contributed by atoms with E-state index in [1.165, 1.54) is 24.7 Å². The van der Waals surface area contributed by atoms with Crippen LogP contribution in [0, 0.1) is 5.82 Å². The zero-order chi connectivity index (χ0) is 32.7. The van der Waals surface area contributed by atoms with Crippen LogP contribution in [0.25, 0.3) is 17.3 Å². The van der Waals surface area contributed by atoms with Gasteiger partial charge in [-0.05, 0) is 49.6 Å². The summed E-state index contributed by atoms with van der Waals surface area (Å²) in [5, 5.41) is 9.21. The van der Waals surface area contributed by atoms with Gasteiger partial charge in [-0.1, -0.05) is 56.3 Å². The maximum Gasteiger partial charge on any atom is 0.305 e. The Hall–Kier alpha value is -3.71. The van der Waals surface area contributed by atoms with Gasteiger partial charge in [-0.25, -0.2) is 27.1 Å². The van der Waals surface area contributed by atoms with Crippen molar-refractivity contribution in [2.45, 2.75) is 71.0 Å². The third-order valence-corrected chi connectivity index (χ3v) is 7.90. The minimum atomic E-state index is -3.63. The molecule has 0 unspecified atom stereocenters. The molecule has 0 bridgehead atoms. The van der Waals surface area contributed by atoms with Crippen LogP contribution in [0.3, 0.4) is 0 Å². The zero-order valence-electron chi connectivity index (χ0n) is 25.9. The van der Waals surface area contributed by atoms with Crippen LogP contribution < -0.4 is 10.0 Å². The van der Waals surface area contributed by atoms with E-state index in [2.05, 4.69) is 9.97 Å². The lowest BCUT2D eigenvalue weighted by atomic mass is 9.97. The predicted octanol–water partition coefficient (Wildman–Crippen LogP) is 5.35. The van der Waals surface area contributed by atoms with E-state index in [4.69, 9.17) is 15.2 Å². The maximum absolute atomic E-state index is 13.7. The molecule has 0 spiro atoms. The molecule has 1 saturated heterocycles. The Kier molecular flexibility index (Phi) is 11.7. The summed E-state index contributed by atoms with van der Waals surface area (Å²) in [5.41, 5.74) is 8.78. The number of aliphatic carboxylic acids is 1. The molecule has 0 radical (unpaired) electrons. The molecule has 0 aliphatic carbocycles. The van der Waals surface area contributed by atoms with Crippen LogP contribution in [0.15, 0.2) is 60.7 Å². The van der Waals surface area contributed by atoms with Gasteiger partial charge in [0.1, 0.15) is 5.82 Å². The summed E-state index contributed by atoms with van der Waals surface area (Å²) in [6.45, 7) is 7.94. The van der Waals surface area contributed by atoms with Crippen molar-refractivity contribution >= 4 is 28.0 Å².